The summed E-state index contributed by atoms with van der Waals surface area (Å²) in [7, 11) is 1.28. The van der Waals surface area contributed by atoms with Crippen molar-refractivity contribution in [3.8, 4) is 17.0 Å². The summed E-state index contributed by atoms with van der Waals surface area (Å²) in [6.45, 7) is -0.284. The molecule has 0 atom stereocenters. The monoisotopic (exact) mass is 479 g/mol. The lowest BCUT2D eigenvalue weighted by Crippen LogP contribution is -2.19. The lowest BCUT2D eigenvalue weighted by Gasteiger charge is -2.13. The number of halogens is 2. The van der Waals surface area contributed by atoms with Gasteiger partial charge in [-0.1, -0.05) is 41.9 Å². The highest BCUT2D eigenvalue weighted by atomic mass is 35.5. The minimum atomic E-state index is -0.580. The molecule has 34 heavy (non-hydrogen) atoms. The normalized spacial score (nSPS) is 10.6. The number of esters is 1. The number of benzene rings is 3. The van der Waals surface area contributed by atoms with E-state index in [0.717, 1.165) is 11.6 Å². The minimum Gasteiger partial charge on any atom is -0.481 e. The van der Waals surface area contributed by atoms with Crippen LogP contribution in [0, 0.1) is 5.82 Å². The van der Waals surface area contributed by atoms with Crippen LogP contribution in [-0.4, -0.2) is 30.7 Å². The van der Waals surface area contributed by atoms with Gasteiger partial charge in [-0.05, 0) is 36.4 Å². The molecule has 2 amide bonds. The summed E-state index contributed by atoms with van der Waals surface area (Å²) in [5, 5.41) is 5.78. The summed E-state index contributed by atoms with van der Waals surface area (Å²) < 4.78 is 23.7. The molecule has 2 N–H and O–H groups in total. The number of amides is 2. The van der Waals surface area contributed by atoms with Gasteiger partial charge < -0.3 is 20.1 Å². The van der Waals surface area contributed by atoms with E-state index in [1.807, 2.05) is 30.3 Å². The zero-order chi connectivity index (χ0) is 24.1. The first kappa shape index (κ1) is 23.0. The molecule has 0 bridgehead atoms. The lowest BCUT2D eigenvalue weighted by molar-refractivity contribution is -0.142. The minimum absolute atomic E-state index is 0.101. The van der Waals surface area contributed by atoms with Crippen molar-refractivity contribution >= 4 is 45.9 Å². The highest BCUT2D eigenvalue weighted by molar-refractivity contribution is 6.31. The van der Waals surface area contributed by atoms with Crippen LogP contribution in [0.15, 0.2) is 72.8 Å². The molecule has 1 aromatic heterocycles. The number of hydrogen-bond donors (Lipinski definition) is 2. The smallest absolute Gasteiger partial charge is 0.343 e. The van der Waals surface area contributed by atoms with Crippen molar-refractivity contribution in [3.05, 3.63) is 83.6 Å². The summed E-state index contributed by atoms with van der Waals surface area (Å²) in [6, 6.07) is 19.7. The number of aromatic nitrogens is 1. The number of nitrogens with zero attached hydrogens (tertiary/aromatic N) is 1. The van der Waals surface area contributed by atoms with Gasteiger partial charge in [-0.3, -0.25) is 0 Å². The highest BCUT2D eigenvalue weighted by Gasteiger charge is 2.13. The molecule has 0 saturated heterocycles. The number of nitrogens with one attached hydrogen (secondary N) is 2. The first-order valence-electron chi connectivity index (χ1n) is 10.2. The molecule has 0 radical (unpaired) electrons. The third kappa shape index (κ3) is 5.41. The molecule has 1 heterocycles. The molecule has 4 aromatic rings. The van der Waals surface area contributed by atoms with Crippen molar-refractivity contribution in [1.82, 2.24) is 4.98 Å². The van der Waals surface area contributed by atoms with Crippen molar-refractivity contribution < 1.29 is 23.5 Å². The third-order valence-electron chi connectivity index (χ3n) is 4.85. The second-order valence-electron chi connectivity index (χ2n) is 7.18. The topological polar surface area (TPSA) is 89.6 Å². The predicted octanol–water partition coefficient (Wildman–Crippen LogP) is 5.89. The molecular weight excluding hydrogens is 461 g/mol. The van der Waals surface area contributed by atoms with Gasteiger partial charge in [0.15, 0.2) is 6.61 Å². The molecule has 0 aliphatic rings. The van der Waals surface area contributed by atoms with Crippen molar-refractivity contribution in [3.63, 3.8) is 0 Å². The van der Waals surface area contributed by atoms with Gasteiger partial charge in [0, 0.05) is 28.4 Å². The molecule has 0 spiro atoms. The Labute approximate surface area is 199 Å². The lowest BCUT2D eigenvalue weighted by atomic mass is 10.1. The maximum Gasteiger partial charge on any atom is 0.343 e. The van der Waals surface area contributed by atoms with Gasteiger partial charge in [0.1, 0.15) is 11.6 Å². The number of hydrogen-bond acceptors (Lipinski definition) is 5. The first-order chi connectivity index (χ1) is 16.4. The maximum atomic E-state index is 13.3. The van der Waals surface area contributed by atoms with E-state index in [0.29, 0.717) is 33.7 Å². The molecule has 0 aliphatic heterocycles. The van der Waals surface area contributed by atoms with Crippen LogP contribution in [0.1, 0.15) is 0 Å². The third-order valence-corrected chi connectivity index (χ3v) is 5.14. The van der Waals surface area contributed by atoms with E-state index in [1.54, 1.807) is 24.3 Å². The van der Waals surface area contributed by atoms with Gasteiger partial charge in [-0.15, -0.1) is 0 Å². The molecule has 3 aromatic carbocycles. The molecule has 172 valence electrons. The van der Waals surface area contributed by atoms with Crippen molar-refractivity contribution in [2.24, 2.45) is 0 Å². The van der Waals surface area contributed by atoms with Crippen LogP contribution < -0.4 is 15.4 Å². The van der Waals surface area contributed by atoms with Crippen LogP contribution in [0.2, 0.25) is 5.02 Å². The summed E-state index contributed by atoms with van der Waals surface area (Å²) in [6.07, 6.45) is 0. The van der Waals surface area contributed by atoms with Crippen LogP contribution in [0.5, 0.6) is 5.75 Å². The molecule has 0 saturated carbocycles. The van der Waals surface area contributed by atoms with Gasteiger partial charge in [-0.2, -0.15) is 0 Å². The number of anilines is 2. The first-order valence-corrected chi connectivity index (χ1v) is 10.5. The Bertz CT molecular complexity index is 1370. The number of rotatable bonds is 6. The molecule has 0 unspecified atom stereocenters. The van der Waals surface area contributed by atoms with E-state index in [4.69, 9.17) is 16.3 Å². The van der Waals surface area contributed by atoms with E-state index in [2.05, 4.69) is 20.4 Å². The Hall–Kier alpha value is -4.17. The van der Waals surface area contributed by atoms with Gasteiger partial charge in [0.2, 0.25) is 0 Å². The Morgan fingerprint density at radius 1 is 0.971 bits per heavy atom. The van der Waals surface area contributed by atoms with Crippen molar-refractivity contribution in [1.29, 1.82) is 0 Å². The van der Waals surface area contributed by atoms with E-state index in [-0.39, 0.29) is 11.6 Å². The standard InChI is InChI=1S/C25H19ClFN3O4/c1-33-24(31)14-34-23-13-22(15-5-3-2-4-6-15)30-21-10-8-16(11-18(21)23)28-25(32)29-17-7-9-20(27)19(26)12-17/h2-13H,14H2,1H3,(H2,28,29,32). The summed E-state index contributed by atoms with van der Waals surface area (Å²) in [5.41, 5.74) is 2.94. The molecule has 7 nitrogen and oxygen atoms in total. The number of carbonyl (C=O) groups is 2. The van der Waals surface area contributed by atoms with Gasteiger partial charge in [-0.25, -0.2) is 19.0 Å². The summed E-state index contributed by atoms with van der Waals surface area (Å²) in [5.74, 6) is -0.703. The van der Waals surface area contributed by atoms with Gasteiger partial charge in [0.25, 0.3) is 0 Å². The van der Waals surface area contributed by atoms with Crippen molar-refractivity contribution in [2.45, 2.75) is 0 Å². The largest absolute Gasteiger partial charge is 0.481 e. The quantitative estimate of drug-likeness (QED) is 0.336. The number of pyridine rings is 1. The number of ether oxygens (including phenoxy) is 2. The fourth-order valence-electron chi connectivity index (χ4n) is 3.21. The van der Waals surface area contributed by atoms with Gasteiger partial charge >= 0.3 is 12.0 Å². The Balaban J connectivity index is 1.63. The van der Waals surface area contributed by atoms with E-state index in [9.17, 15) is 14.0 Å². The van der Waals surface area contributed by atoms with Crippen LogP contribution in [0.25, 0.3) is 22.2 Å². The average molecular weight is 480 g/mol. The van der Waals surface area contributed by atoms with E-state index < -0.39 is 17.8 Å². The Morgan fingerprint density at radius 2 is 1.68 bits per heavy atom. The zero-order valence-corrected chi connectivity index (χ0v) is 18.7. The van der Waals surface area contributed by atoms with Crippen molar-refractivity contribution in [2.75, 3.05) is 24.4 Å². The highest BCUT2D eigenvalue weighted by Crippen LogP contribution is 2.32. The summed E-state index contributed by atoms with van der Waals surface area (Å²) >= 11 is 5.76. The summed E-state index contributed by atoms with van der Waals surface area (Å²) in [4.78, 5) is 28.8. The molecule has 4 rings (SSSR count). The molecule has 0 fully saturated rings. The number of carbonyl (C=O) groups excluding carboxylic acids is 2. The predicted molar refractivity (Wildman–Crippen MR) is 129 cm³/mol. The molecule has 9 heteroatoms. The van der Waals surface area contributed by atoms with E-state index >= 15 is 0 Å². The molecular formula is C25H19ClFN3O4. The zero-order valence-electron chi connectivity index (χ0n) is 18.0. The fraction of sp³-hybridized carbons (Fsp3) is 0.0800. The number of methoxy groups -OCH3 is 1. The fourth-order valence-corrected chi connectivity index (χ4v) is 3.39. The Morgan fingerprint density at radius 3 is 2.38 bits per heavy atom. The Kier molecular flexibility index (Phi) is 6.89. The van der Waals surface area contributed by atoms with E-state index in [1.165, 1.54) is 19.2 Å². The average Bonchev–Trinajstić information content (AvgIpc) is 2.85. The van der Waals surface area contributed by atoms with Crippen LogP contribution >= 0.6 is 11.6 Å². The maximum absolute atomic E-state index is 13.3. The second-order valence-corrected chi connectivity index (χ2v) is 7.58. The second kappa shape index (κ2) is 10.2. The van der Waals surface area contributed by atoms with Crippen LogP contribution in [-0.2, 0) is 9.53 Å². The van der Waals surface area contributed by atoms with Crippen LogP contribution in [0.4, 0.5) is 20.6 Å². The number of urea groups is 1. The van der Waals surface area contributed by atoms with Gasteiger partial charge in [0.05, 0.1) is 23.3 Å². The van der Waals surface area contributed by atoms with Crippen LogP contribution in [0.3, 0.4) is 0 Å². The molecule has 0 aliphatic carbocycles. The SMILES string of the molecule is COC(=O)COc1cc(-c2ccccc2)nc2ccc(NC(=O)Nc3ccc(F)c(Cl)c3)cc12. The number of fused-ring (bicyclic) bond motifs is 1.